The van der Waals surface area contributed by atoms with E-state index < -0.39 is 6.04 Å². The van der Waals surface area contributed by atoms with Crippen molar-refractivity contribution in [1.29, 1.82) is 5.26 Å². The Hall–Kier alpha value is -2.92. The summed E-state index contributed by atoms with van der Waals surface area (Å²) >= 11 is 1.34. The minimum Gasteiger partial charge on any atom is -0.368 e. The minimum absolute atomic E-state index is 0.0351. The van der Waals surface area contributed by atoms with Gasteiger partial charge in [0.05, 0.1) is 10.4 Å². The Labute approximate surface area is 156 Å². The molecule has 2 heterocycles. The quantitative estimate of drug-likeness (QED) is 0.615. The van der Waals surface area contributed by atoms with Gasteiger partial charge in [0.2, 0.25) is 5.91 Å². The summed E-state index contributed by atoms with van der Waals surface area (Å²) in [5.74, 6) is 0.130. The molecule has 0 spiro atoms. The highest BCUT2D eigenvalue weighted by Crippen LogP contribution is 2.10. The molecule has 0 saturated heterocycles. The first-order chi connectivity index (χ1) is 12.5. The highest BCUT2D eigenvalue weighted by Gasteiger charge is 2.24. The van der Waals surface area contributed by atoms with Gasteiger partial charge in [-0.2, -0.15) is 5.26 Å². The normalized spacial score (nSPS) is 11.5. The fourth-order valence-electron chi connectivity index (χ4n) is 2.21. The van der Waals surface area contributed by atoms with Crippen molar-refractivity contribution < 1.29 is 9.59 Å². The van der Waals surface area contributed by atoms with E-state index >= 15 is 0 Å². The second-order valence-electron chi connectivity index (χ2n) is 5.93. The van der Waals surface area contributed by atoms with Crippen LogP contribution in [0.2, 0.25) is 0 Å². The Morgan fingerprint density at radius 3 is 2.65 bits per heavy atom. The minimum atomic E-state index is -0.599. The maximum absolute atomic E-state index is 12.4. The fraction of sp³-hybridized carbons (Fsp3) is 0.333. The second-order valence-corrected chi connectivity index (χ2v) is 6.88. The van der Waals surface area contributed by atoms with Crippen LogP contribution < -0.4 is 16.0 Å². The largest absolute Gasteiger partial charge is 0.368 e. The lowest BCUT2D eigenvalue weighted by Gasteiger charge is -2.21. The van der Waals surface area contributed by atoms with E-state index in [0.29, 0.717) is 29.3 Å². The van der Waals surface area contributed by atoms with Crippen molar-refractivity contribution in [2.24, 2.45) is 5.92 Å². The van der Waals surface area contributed by atoms with Crippen LogP contribution >= 0.6 is 11.3 Å². The van der Waals surface area contributed by atoms with Gasteiger partial charge < -0.3 is 16.0 Å². The van der Waals surface area contributed by atoms with Crippen molar-refractivity contribution >= 4 is 29.0 Å². The lowest BCUT2D eigenvalue weighted by atomic mass is 10.0. The molecule has 0 aliphatic heterocycles. The number of carbonyl (C=O) groups excluding carboxylic acids is 2. The van der Waals surface area contributed by atoms with E-state index in [1.807, 2.05) is 25.3 Å². The molecule has 8 heteroatoms. The molecule has 2 rings (SSSR count). The van der Waals surface area contributed by atoms with Crippen LogP contribution in [-0.4, -0.2) is 35.9 Å². The number of hydrogen-bond donors (Lipinski definition) is 3. The summed E-state index contributed by atoms with van der Waals surface area (Å²) in [5, 5.41) is 19.2. The maximum atomic E-state index is 12.4. The molecule has 0 saturated carbocycles. The SMILES string of the molecule is CC(C)C(NC(=O)c1cccs1)C(=O)NCCNc1ccc(C#N)cn1. The van der Waals surface area contributed by atoms with Gasteiger partial charge in [0, 0.05) is 19.3 Å². The molecule has 2 aromatic rings. The molecule has 0 aromatic carbocycles. The number of aromatic nitrogens is 1. The van der Waals surface area contributed by atoms with Crippen molar-refractivity contribution in [3.05, 3.63) is 46.3 Å². The number of pyridine rings is 1. The van der Waals surface area contributed by atoms with E-state index in [4.69, 9.17) is 5.26 Å². The summed E-state index contributed by atoms with van der Waals surface area (Å²) in [5.41, 5.74) is 0.491. The van der Waals surface area contributed by atoms with E-state index in [9.17, 15) is 9.59 Å². The zero-order chi connectivity index (χ0) is 18.9. The number of nitrogens with one attached hydrogen (secondary N) is 3. The Balaban J connectivity index is 1.79. The number of nitriles is 1. The van der Waals surface area contributed by atoms with E-state index in [2.05, 4.69) is 20.9 Å². The Morgan fingerprint density at radius 2 is 2.08 bits per heavy atom. The molecular formula is C18H21N5O2S. The predicted octanol–water partition coefficient (Wildman–Crippen LogP) is 2.00. The van der Waals surface area contributed by atoms with Crippen molar-refractivity contribution in [3.8, 4) is 6.07 Å². The van der Waals surface area contributed by atoms with Gasteiger partial charge in [-0.15, -0.1) is 11.3 Å². The molecule has 2 amide bonds. The lowest BCUT2D eigenvalue weighted by molar-refractivity contribution is -0.123. The number of amides is 2. The second kappa shape index (κ2) is 9.53. The van der Waals surface area contributed by atoms with Crippen molar-refractivity contribution in [3.63, 3.8) is 0 Å². The van der Waals surface area contributed by atoms with Crippen LogP contribution in [0.1, 0.15) is 29.1 Å². The Bertz CT molecular complexity index is 766. The predicted molar refractivity (Wildman–Crippen MR) is 101 cm³/mol. The molecule has 26 heavy (non-hydrogen) atoms. The fourth-order valence-corrected chi connectivity index (χ4v) is 2.83. The van der Waals surface area contributed by atoms with Crippen LogP contribution in [0.25, 0.3) is 0 Å². The molecule has 0 fully saturated rings. The summed E-state index contributed by atoms with van der Waals surface area (Å²) in [4.78, 5) is 29.2. The van der Waals surface area contributed by atoms with Gasteiger partial charge in [-0.05, 0) is 29.5 Å². The third-order valence-corrected chi connectivity index (χ3v) is 4.47. The molecule has 3 N–H and O–H groups in total. The molecule has 1 unspecified atom stereocenters. The van der Waals surface area contributed by atoms with Crippen LogP contribution in [0, 0.1) is 17.2 Å². The first kappa shape index (κ1) is 19.4. The molecule has 0 aliphatic rings. The van der Waals surface area contributed by atoms with Gasteiger partial charge in [0.1, 0.15) is 17.9 Å². The van der Waals surface area contributed by atoms with Crippen molar-refractivity contribution in [1.82, 2.24) is 15.6 Å². The zero-order valence-electron chi connectivity index (χ0n) is 14.7. The zero-order valence-corrected chi connectivity index (χ0v) is 15.5. The van der Waals surface area contributed by atoms with Gasteiger partial charge in [-0.25, -0.2) is 4.98 Å². The molecule has 0 aliphatic carbocycles. The van der Waals surface area contributed by atoms with E-state index in [0.717, 1.165) is 0 Å². The van der Waals surface area contributed by atoms with Gasteiger partial charge in [-0.3, -0.25) is 9.59 Å². The molecule has 1 atom stereocenters. The summed E-state index contributed by atoms with van der Waals surface area (Å²) in [6.07, 6.45) is 1.48. The smallest absolute Gasteiger partial charge is 0.262 e. The molecule has 0 radical (unpaired) electrons. The number of hydrogen-bond acceptors (Lipinski definition) is 6. The standard InChI is InChI=1S/C18H21N5O2S/c1-12(2)16(23-17(24)14-4-3-9-26-14)18(25)21-8-7-20-15-6-5-13(10-19)11-22-15/h3-6,9,11-12,16H,7-8H2,1-2H3,(H,20,22)(H,21,25)(H,23,24). The number of nitrogens with zero attached hydrogens (tertiary/aromatic N) is 2. The average Bonchev–Trinajstić information content (AvgIpc) is 3.18. The van der Waals surface area contributed by atoms with Crippen molar-refractivity contribution in [2.45, 2.75) is 19.9 Å². The summed E-state index contributed by atoms with van der Waals surface area (Å²) in [7, 11) is 0. The van der Waals surface area contributed by atoms with Gasteiger partial charge in [0.25, 0.3) is 5.91 Å². The highest BCUT2D eigenvalue weighted by atomic mass is 32.1. The van der Waals surface area contributed by atoms with Crippen LogP contribution in [0.5, 0.6) is 0 Å². The van der Waals surface area contributed by atoms with Crippen LogP contribution in [-0.2, 0) is 4.79 Å². The molecule has 2 aromatic heterocycles. The third kappa shape index (κ3) is 5.57. The number of carbonyl (C=O) groups is 2. The average molecular weight is 371 g/mol. The van der Waals surface area contributed by atoms with E-state index in [-0.39, 0.29) is 17.7 Å². The Kier molecular flexibility index (Phi) is 7.12. The first-order valence-electron chi connectivity index (χ1n) is 8.23. The molecular weight excluding hydrogens is 350 g/mol. The van der Waals surface area contributed by atoms with E-state index in [1.54, 1.807) is 24.3 Å². The number of rotatable bonds is 8. The highest BCUT2D eigenvalue weighted by molar-refractivity contribution is 7.12. The maximum Gasteiger partial charge on any atom is 0.262 e. The van der Waals surface area contributed by atoms with Crippen LogP contribution in [0.15, 0.2) is 35.8 Å². The summed E-state index contributed by atoms with van der Waals surface area (Å²) < 4.78 is 0. The topological polar surface area (TPSA) is 107 Å². The number of thiophene rings is 1. The Morgan fingerprint density at radius 1 is 1.27 bits per heavy atom. The third-order valence-electron chi connectivity index (χ3n) is 3.60. The van der Waals surface area contributed by atoms with Crippen molar-refractivity contribution in [2.75, 3.05) is 18.4 Å². The molecule has 136 valence electrons. The monoisotopic (exact) mass is 371 g/mol. The van der Waals surface area contributed by atoms with Gasteiger partial charge in [0.15, 0.2) is 0 Å². The lowest BCUT2D eigenvalue weighted by Crippen LogP contribution is -2.50. The first-order valence-corrected chi connectivity index (χ1v) is 9.11. The van der Waals surface area contributed by atoms with Crippen LogP contribution in [0.3, 0.4) is 0 Å². The summed E-state index contributed by atoms with van der Waals surface area (Å²) in [6, 6.07) is 8.31. The molecule has 0 bridgehead atoms. The van der Waals surface area contributed by atoms with Crippen LogP contribution in [0.4, 0.5) is 5.82 Å². The molecule has 7 nitrogen and oxygen atoms in total. The van der Waals surface area contributed by atoms with Gasteiger partial charge >= 0.3 is 0 Å². The van der Waals surface area contributed by atoms with Gasteiger partial charge in [-0.1, -0.05) is 19.9 Å². The summed E-state index contributed by atoms with van der Waals surface area (Å²) in [6.45, 7) is 4.64. The van der Waals surface area contributed by atoms with E-state index in [1.165, 1.54) is 17.5 Å². The number of anilines is 1.